The highest BCUT2D eigenvalue weighted by Crippen LogP contribution is 2.27. The number of nitrogens with zero attached hydrogens (tertiary/aromatic N) is 1. The van der Waals surface area contributed by atoms with Gasteiger partial charge in [-0.2, -0.15) is 0 Å². The molecule has 1 aliphatic heterocycles. The summed E-state index contributed by atoms with van der Waals surface area (Å²) in [6, 6.07) is 4.18. The van der Waals surface area contributed by atoms with Crippen molar-refractivity contribution < 1.29 is 19.1 Å². The van der Waals surface area contributed by atoms with E-state index in [0.29, 0.717) is 5.69 Å². The summed E-state index contributed by atoms with van der Waals surface area (Å²) in [5.74, 6) is -3.60. The Morgan fingerprint density at radius 3 is 2.47 bits per heavy atom. The highest BCUT2D eigenvalue weighted by molar-refractivity contribution is 6.41. The molecule has 0 bridgehead atoms. The standard InChI is InChI=1S/C12H12FNO3/c13-8-4-3-5-9(14-6-1-2-7-14)10(8)11(15)12(16)17/h3-5H,1-2,6-7H2,(H,16,17). The number of carbonyl (C=O) groups is 2. The van der Waals surface area contributed by atoms with Gasteiger partial charge in [-0.15, -0.1) is 0 Å². The summed E-state index contributed by atoms with van der Waals surface area (Å²) in [6.45, 7) is 1.45. The van der Waals surface area contributed by atoms with Gasteiger partial charge in [0, 0.05) is 13.1 Å². The molecule has 4 nitrogen and oxygen atoms in total. The van der Waals surface area contributed by atoms with E-state index in [1.807, 2.05) is 4.90 Å². The Morgan fingerprint density at radius 2 is 1.88 bits per heavy atom. The molecule has 1 saturated heterocycles. The summed E-state index contributed by atoms with van der Waals surface area (Å²) in [7, 11) is 0. The van der Waals surface area contributed by atoms with E-state index in [1.165, 1.54) is 6.07 Å². The lowest BCUT2D eigenvalue weighted by atomic mass is 10.1. The van der Waals surface area contributed by atoms with Gasteiger partial charge >= 0.3 is 5.97 Å². The minimum Gasteiger partial charge on any atom is -0.475 e. The second-order valence-corrected chi connectivity index (χ2v) is 3.96. The summed E-state index contributed by atoms with van der Waals surface area (Å²) >= 11 is 0. The van der Waals surface area contributed by atoms with Gasteiger partial charge in [0.2, 0.25) is 0 Å². The van der Waals surface area contributed by atoms with E-state index in [-0.39, 0.29) is 5.56 Å². The van der Waals surface area contributed by atoms with Crippen LogP contribution < -0.4 is 4.90 Å². The lowest BCUT2D eigenvalue weighted by Crippen LogP contribution is -2.24. The molecule has 2 rings (SSSR count). The summed E-state index contributed by atoms with van der Waals surface area (Å²) in [5, 5.41) is 8.69. The van der Waals surface area contributed by atoms with E-state index in [1.54, 1.807) is 6.07 Å². The van der Waals surface area contributed by atoms with Crippen molar-refractivity contribution in [2.75, 3.05) is 18.0 Å². The van der Waals surface area contributed by atoms with Crippen LogP contribution in [0.3, 0.4) is 0 Å². The lowest BCUT2D eigenvalue weighted by molar-refractivity contribution is -0.131. The van der Waals surface area contributed by atoms with Gasteiger partial charge in [0.1, 0.15) is 5.82 Å². The van der Waals surface area contributed by atoms with Crippen molar-refractivity contribution >= 4 is 17.4 Å². The quantitative estimate of drug-likeness (QED) is 0.642. The molecular weight excluding hydrogens is 225 g/mol. The third kappa shape index (κ3) is 2.13. The molecule has 0 atom stereocenters. The Morgan fingerprint density at radius 1 is 1.24 bits per heavy atom. The van der Waals surface area contributed by atoms with Gasteiger partial charge in [0.15, 0.2) is 0 Å². The van der Waals surface area contributed by atoms with Crippen molar-refractivity contribution in [1.82, 2.24) is 0 Å². The summed E-state index contributed by atoms with van der Waals surface area (Å²) in [6.07, 6.45) is 1.94. The van der Waals surface area contributed by atoms with E-state index in [2.05, 4.69) is 0 Å². The molecule has 0 aliphatic carbocycles. The highest BCUT2D eigenvalue weighted by atomic mass is 19.1. The molecule has 17 heavy (non-hydrogen) atoms. The molecule has 0 aromatic heterocycles. The number of carboxylic acid groups (broad SMARTS) is 1. The first-order chi connectivity index (χ1) is 8.11. The number of anilines is 1. The third-order valence-electron chi connectivity index (χ3n) is 2.86. The predicted molar refractivity (Wildman–Crippen MR) is 59.8 cm³/mol. The van der Waals surface area contributed by atoms with Crippen LogP contribution in [0.5, 0.6) is 0 Å². The number of aliphatic carboxylic acids is 1. The molecule has 5 heteroatoms. The van der Waals surface area contributed by atoms with Gasteiger partial charge in [0.05, 0.1) is 11.3 Å². The molecule has 1 aromatic carbocycles. The molecule has 1 heterocycles. The fourth-order valence-corrected chi connectivity index (χ4v) is 2.07. The second-order valence-electron chi connectivity index (χ2n) is 3.96. The van der Waals surface area contributed by atoms with Crippen LogP contribution in [0.25, 0.3) is 0 Å². The average molecular weight is 237 g/mol. The SMILES string of the molecule is O=C(O)C(=O)c1c(F)cccc1N1CCCC1. The van der Waals surface area contributed by atoms with Gasteiger partial charge in [-0.25, -0.2) is 9.18 Å². The molecule has 1 aromatic rings. The minimum absolute atomic E-state index is 0.332. The van der Waals surface area contributed by atoms with Gasteiger partial charge in [-0.05, 0) is 25.0 Å². The lowest BCUT2D eigenvalue weighted by Gasteiger charge is -2.20. The van der Waals surface area contributed by atoms with Gasteiger partial charge in [-0.3, -0.25) is 4.79 Å². The predicted octanol–water partition coefficient (Wildman–Crippen LogP) is 1.69. The molecule has 0 spiro atoms. The first kappa shape index (κ1) is 11.6. The molecule has 1 aliphatic rings. The first-order valence-electron chi connectivity index (χ1n) is 5.42. The zero-order chi connectivity index (χ0) is 12.4. The maximum Gasteiger partial charge on any atom is 0.377 e. The second kappa shape index (κ2) is 4.53. The van der Waals surface area contributed by atoms with Crippen LogP contribution in [0.4, 0.5) is 10.1 Å². The minimum atomic E-state index is -1.63. The maximum absolute atomic E-state index is 13.6. The number of ketones is 1. The number of carbonyl (C=O) groups excluding carboxylic acids is 1. The number of rotatable bonds is 3. The topological polar surface area (TPSA) is 57.6 Å². The number of benzene rings is 1. The molecule has 0 radical (unpaired) electrons. The number of Topliss-reactive ketones (excluding diaryl/α,β-unsaturated/α-hetero) is 1. The smallest absolute Gasteiger partial charge is 0.377 e. The van der Waals surface area contributed by atoms with Crippen molar-refractivity contribution in [2.45, 2.75) is 12.8 Å². The zero-order valence-corrected chi connectivity index (χ0v) is 9.15. The number of hydrogen-bond acceptors (Lipinski definition) is 3. The van der Waals surface area contributed by atoms with E-state index < -0.39 is 17.6 Å². The zero-order valence-electron chi connectivity index (χ0n) is 9.15. The summed E-state index contributed by atoms with van der Waals surface area (Å²) in [5.41, 5.74) is 0.0526. The Bertz CT molecular complexity index is 467. The first-order valence-corrected chi connectivity index (χ1v) is 5.42. The van der Waals surface area contributed by atoms with Crippen LogP contribution >= 0.6 is 0 Å². The van der Waals surface area contributed by atoms with E-state index in [0.717, 1.165) is 32.0 Å². The Kier molecular flexibility index (Phi) is 3.08. The van der Waals surface area contributed by atoms with Crippen LogP contribution in [-0.4, -0.2) is 29.9 Å². The monoisotopic (exact) mass is 237 g/mol. The van der Waals surface area contributed by atoms with Crippen molar-refractivity contribution in [1.29, 1.82) is 0 Å². The van der Waals surface area contributed by atoms with E-state index >= 15 is 0 Å². The van der Waals surface area contributed by atoms with Crippen LogP contribution in [0, 0.1) is 5.82 Å². The average Bonchev–Trinajstić information content (AvgIpc) is 2.81. The fourth-order valence-electron chi connectivity index (χ4n) is 2.07. The fraction of sp³-hybridized carbons (Fsp3) is 0.333. The summed E-state index contributed by atoms with van der Waals surface area (Å²) < 4.78 is 13.6. The molecule has 0 unspecified atom stereocenters. The Hall–Kier alpha value is -1.91. The normalized spacial score (nSPS) is 15.0. The number of halogens is 1. The molecular formula is C12H12FNO3. The van der Waals surface area contributed by atoms with Crippen LogP contribution in [0.15, 0.2) is 18.2 Å². The number of hydrogen-bond donors (Lipinski definition) is 1. The van der Waals surface area contributed by atoms with E-state index in [9.17, 15) is 14.0 Å². The van der Waals surface area contributed by atoms with Gasteiger partial charge in [0.25, 0.3) is 5.78 Å². The van der Waals surface area contributed by atoms with Crippen molar-refractivity contribution in [3.63, 3.8) is 0 Å². The molecule has 1 N–H and O–H groups in total. The highest BCUT2D eigenvalue weighted by Gasteiger charge is 2.26. The van der Waals surface area contributed by atoms with E-state index in [4.69, 9.17) is 5.11 Å². The summed E-state index contributed by atoms with van der Waals surface area (Å²) in [4.78, 5) is 24.0. The van der Waals surface area contributed by atoms with Crippen LogP contribution in [0.2, 0.25) is 0 Å². The molecule has 90 valence electrons. The van der Waals surface area contributed by atoms with Gasteiger partial charge in [-0.1, -0.05) is 6.07 Å². The Labute approximate surface area is 97.7 Å². The molecule has 0 saturated carbocycles. The third-order valence-corrected chi connectivity index (χ3v) is 2.86. The van der Waals surface area contributed by atoms with Crippen molar-refractivity contribution in [3.8, 4) is 0 Å². The van der Waals surface area contributed by atoms with Crippen molar-refractivity contribution in [3.05, 3.63) is 29.6 Å². The maximum atomic E-state index is 13.6. The molecule has 1 fully saturated rings. The largest absolute Gasteiger partial charge is 0.475 e. The van der Waals surface area contributed by atoms with Crippen LogP contribution in [-0.2, 0) is 4.79 Å². The van der Waals surface area contributed by atoms with Crippen LogP contribution in [0.1, 0.15) is 23.2 Å². The number of carboxylic acids is 1. The Balaban J connectivity index is 2.47. The van der Waals surface area contributed by atoms with Gasteiger partial charge < -0.3 is 10.0 Å². The molecule has 0 amide bonds. The van der Waals surface area contributed by atoms with Crippen molar-refractivity contribution in [2.24, 2.45) is 0 Å².